The first kappa shape index (κ1) is 15.3. The van der Waals surface area contributed by atoms with Crippen LogP contribution in [0.1, 0.15) is 39.5 Å². The summed E-state index contributed by atoms with van der Waals surface area (Å²) in [4.78, 5) is 4.02. The van der Waals surface area contributed by atoms with E-state index >= 15 is 0 Å². The molecule has 1 unspecified atom stereocenters. The third-order valence-electron chi connectivity index (χ3n) is 4.10. The first-order chi connectivity index (χ1) is 9.37. The van der Waals surface area contributed by atoms with Crippen molar-refractivity contribution in [2.24, 2.45) is 5.41 Å². The van der Waals surface area contributed by atoms with Crippen LogP contribution in [-0.2, 0) is 10.0 Å². The number of sulfonamides is 1. The molecule has 1 aromatic rings. The Morgan fingerprint density at radius 3 is 2.75 bits per heavy atom. The maximum atomic E-state index is 12.6. The predicted molar refractivity (Wildman–Crippen MR) is 80.1 cm³/mol. The monoisotopic (exact) mass is 297 g/mol. The Morgan fingerprint density at radius 1 is 1.35 bits per heavy atom. The van der Waals surface area contributed by atoms with Crippen molar-refractivity contribution in [1.82, 2.24) is 9.71 Å². The van der Waals surface area contributed by atoms with E-state index in [2.05, 4.69) is 28.9 Å². The number of rotatable bonds is 4. The van der Waals surface area contributed by atoms with Gasteiger partial charge in [0, 0.05) is 19.3 Å². The lowest BCUT2D eigenvalue weighted by molar-refractivity contribution is 0.188. The maximum absolute atomic E-state index is 12.6. The molecule has 0 aromatic carbocycles. The van der Waals surface area contributed by atoms with Crippen molar-refractivity contribution in [2.45, 2.75) is 50.6 Å². The maximum Gasteiger partial charge on any atom is 0.260 e. The van der Waals surface area contributed by atoms with Gasteiger partial charge in [0.2, 0.25) is 0 Å². The van der Waals surface area contributed by atoms with Gasteiger partial charge in [-0.25, -0.2) is 18.1 Å². The number of anilines is 1. The number of pyridine rings is 1. The molecule has 6 heteroatoms. The van der Waals surface area contributed by atoms with Gasteiger partial charge in [-0.15, -0.1) is 0 Å². The summed E-state index contributed by atoms with van der Waals surface area (Å²) < 4.78 is 28.0. The highest BCUT2D eigenvalue weighted by Gasteiger charge is 2.36. The molecule has 1 heterocycles. The molecule has 0 bridgehead atoms. The minimum absolute atomic E-state index is 0.0140. The zero-order valence-electron chi connectivity index (χ0n) is 12.3. The van der Waals surface area contributed by atoms with Crippen LogP contribution in [0.5, 0.6) is 0 Å². The fourth-order valence-corrected chi connectivity index (χ4v) is 4.33. The van der Waals surface area contributed by atoms with Crippen molar-refractivity contribution < 1.29 is 8.42 Å². The van der Waals surface area contributed by atoms with Crippen molar-refractivity contribution in [3.63, 3.8) is 0 Å². The minimum Gasteiger partial charge on any atom is -0.386 e. The molecule has 1 aromatic heterocycles. The van der Waals surface area contributed by atoms with Crippen LogP contribution in [0, 0.1) is 5.41 Å². The molecule has 112 valence electrons. The zero-order chi connectivity index (χ0) is 14.8. The topological polar surface area (TPSA) is 71.1 Å². The van der Waals surface area contributed by atoms with Crippen molar-refractivity contribution in [1.29, 1.82) is 0 Å². The molecule has 0 aliphatic heterocycles. The smallest absolute Gasteiger partial charge is 0.260 e. The molecule has 1 aliphatic carbocycles. The van der Waals surface area contributed by atoms with Gasteiger partial charge < -0.3 is 5.32 Å². The number of nitrogens with one attached hydrogen (secondary N) is 2. The van der Waals surface area contributed by atoms with Crippen molar-refractivity contribution in [3.8, 4) is 0 Å². The Bertz CT molecular complexity index is 570. The molecule has 0 radical (unpaired) electrons. The van der Waals surface area contributed by atoms with E-state index < -0.39 is 10.0 Å². The van der Waals surface area contributed by atoms with E-state index in [4.69, 9.17) is 0 Å². The molecule has 1 saturated carbocycles. The Kier molecular flexibility index (Phi) is 4.34. The molecule has 0 spiro atoms. The number of nitrogens with zero attached hydrogens (tertiary/aromatic N) is 1. The minimum atomic E-state index is -3.60. The lowest BCUT2D eigenvalue weighted by Crippen LogP contribution is -2.46. The molecule has 2 rings (SSSR count). The van der Waals surface area contributed by atoms with Gasteiger partial charge >= 0.3 is 0 Å². The van der Waals surface area contributed by atoms with E-state index in [9.17, 15) is 8.42 Å². The van der Waals surface area contributed by atoms with E-state index in [1.165, 1.54) is 6.20 Å². The average molecular weight is 297 g/mol. The average Bonchev–Trinajstić information content (AvgIpc) is 2.41. The first-order valence-electron chi connectivity index (χ1n) is 7.02. The van der Waals surface area contributed by atoms with Crippen LogP contribution < -0.4 is 10.0 Å². The summed E-state index contributed by atoms with van der Waals surface area (Å²) in [5, 5.41) is 2.95. The van der Waals surface area contributed by atoms with E-state index in [1.54, 1.807) is 19.2 Å². The van der Waals surface area contributed by atoms with Gasteiger partial charge in [0.1, 0.15) is 0 Å². The Morgan fingerprint density at radius 2 is 2.10 bits per heavy atom. The summed E-state index contributed by atoms with van der Waals surface area (Å²) in [6.45, 7) is 4.24. The van der Waals surface area contributed by atoms with Gasteiger partial charge in [-0.05, 0) is 30.4 Å². The lowest BCUT2D eigenvalue weighted by Gasteiger charge is -2.38. The summed E-state index contributed by atoms with van der Waals surface area (Å²) in [6, 6.07) is 3.40. The van der Waals surface area contributed by atoms with Crippen LogP contribution in [0.3, 0.4) is 0 Å². The second-order valence-electron chi connectivity index (χ2n) is 6.01. The third-order valence-corrected chi connectivity index (χ3v) is 5.53. The van der Waals surface area contributed by atoms with E-state index in [1.807, 2.05) is 0 Å². The highest BCUT2D eigenvalue weighted by Crippen LogP contribution is 2.36. The molecule has 0 amide bonds. The number of hydrogen-bond donors (Lipinski definition) is 2. The van der Waals surface area contributed by atoms with E-state index in [0.717, 1.165) is 25.7 Å². The molecular formula is C14H23N3O2S. The van der Waals surface area contributed by atoms with Gasteiger partial charge in [0.05, 0.1) is 5.69 Å². The summed E-state index contributed by atoms with van der Waals surface area (Å²) in [5.41, 5.74) is 0.508. The number of aromatic nitrogens is 1. The molecule has 1 atom stereocenters. The predicted octanol–water partition coefficient (Wildman–Crippen LogP) is 2.37. The van der Waals surface area contributed by atoms with Gasteiger partial charge in [-0.1, -0.05) is 26.7 Å². The molecule has 0 saturated heterocycles. The Hall–Kier alpha value is -1.14. The van der Waals surface area contributed by atoms with Crippen LogP contribution in [0.25, 0.3) is 0 Å². The summed E-state index contributed by atoms with van der Waals surface area (Å²) in [5.74, 6) is 0. The second-order valence-corrected chi connectivity index (χ2v) is 7.64. The van der Waals surface area contributed by atoms with Crippen molar-refractivity contribution in [3.05, 3.63) is 18.3 Å². The third kappa shape index (κ3) is 3.12. The van der Waals surface area contributed by atoms with Gasteiger partial charge in [0.15, 0.2) is 5.03 Å². The summed E-state index contributed by atoms with van der Waals surface area (Å²) in [6.07, 6.45) is 5.66. The number of hydrogen-bond acceptors (Lipinski definition) is 4. The van der Waals surface area contributed by atoms with Crippen molar-refractivity contribution >= 4 is 15.7 Å². The lowest BCUT2D eigenvalue weighted by atomic mass is 9.74. The summed E-state index contributed by atoms with van der Waals surface area (Å²) >= 11 is 0. The van der Waals surface area contributed by atoms with Crippen LogP contribution in [-0.4, -0.2) is 26.5 Å². The van der Waals surface area contributed by atoms with Gasteiger partial charge in [0.25, 0.3) is 10.0 Å². The molecule has 5 nitrogen and oxygen atoms in total. The van der Waals surface area contributed by atoms with Crippen LogP contribution >= 0.6 is 0 Å². The highest BCUT2D eigenvalue weighted by molar-refractivity contribution is 7.89. The molecular weight excluding hydrogens is 274 g/mol. The van der Waals surface area contributed by atoms with Gasteiger partial charge in [-0.2, -0.15) is 0 Å². The largest absolute Gasteiger partial charge is 0.386 e. The SMILES string of the molecule is CNc1cccnc1S(=O)(=O)NC1CCCCC1(C)C. The molecule has 20 heavy (non-hydrogen) atoms. The fraction of sp³-hybridized carbons (Fsp3) is 0.643. The van der Waals surface area contributed by atoms with E-state index in [0.29, 0.717) is 5.69 Å². The first-order valence-corrected chi connectivity index (χ1v) is 8.50. The zero-order valence-corrected chi connectivity index (χ0v) is 13.1. The standard InChI is InChI=1S/C14H23N3O2S/c1-14(2)9-5-4-8-12(14)17-20(18,19)13-11(15-3)7-6-10-16-13/h6-7,10,12,15,17H,4-5,8-9H2,1-3H3. The fourth-order valence-electron chi connectivity index (χ4n) is 2.75. The van der Waals surface area contributed by atoms with E-state index in [-0.39, 0.29) is 16.5 Å². The Balaban J connectivity index is 2.27. The highest BCUT2D eigenvalue weighted by atomic mass is 32.2. The molecule has 2 N–H and O–H groups in total. The second kappa shape index (κ2) is 5.69. The quantitative estimate of drug-likeness (QED) is 0.895. The van der Waals surface area contributed by atoms with Crippen LogP contribution in [0.4, 0.5) is 5.69 Å². The van der Waals surface area contributed by atoms with Crippen LogP contribution in [0.2, 0.25) is 0 Å². The molecule has 1 fully saturated rings. The Labute approximate surface area is 121 Å². The summed E-state index contributed by atoms with van der Waals surface area (Å²) in [7, 11) is -1.90. The van der Waals surface area contributed by atoms with Gasteiger partial charge in [-0.3, -0.25) is 0 Å². The van der Waals surface area contributed by atoms with Crippen molar-refractivity contribution in [2.75, 3.05) is 12.4 Å². The molecule has 1 aliphatic rings. The van der Waals surface area contributed by atoms with Crippen LogP contribution in [0.15, 0.2) is 23.4 Å². The normalized spacial score (nSPS) is 22.4.